The van der Waals surface area contributed by atoms with Gasteiger partial charge < -0.3 is 0 Å². The van der Waals surface area contributed by atoms with Crippen molar-refractivity contribution in [1.29, 1.82) is 0 Å². The molecule has 0 N–H and O–H groups in total. The van der Waals surface area contributed by atoms with Crippen LogP contribution in [-0.2, 0) is 0 Å². The molecule has 0 heterocycles. The number of rotatable bonds is 5. The molecule has 2 unspecified atom stereocenters. The topological polar surface area (TPSA) is 0 Å². The molecular weight excluding hydrogens is 168 g/mol. The third kappa shape index (κ3) is 6.01. The highest BCUT2D eigenvalue weighted by Crippen LogP contribution is 2.22. The summed E-state index contributed by atoms with van der Waals surface area (Å²) < 4.78 is 0. The van der Waals surface area contributed by atoms with E-state index in [0.29, 0.717) is 5.92 Å². The molecule has 0 bridgehead atoms. The second-order valence-electron chi connectivity index (χ2n) is 4.88. The molecule has 82 valence electrons. The van der Waals surface area contributed by atoms with Crippen LogP contribution in [0.15, 0.2) is 23.8 Å². The minimum absolute atomic E-state index is 0.689. The average molecular weight is 194 g/mol. The van der Waals surface area contributed by atoms with Crippen molar-refractivity contribution in [3.8, 4) is 0 Å². The van der Waals surface area contributed by atoms with E-state index in [0.717, 1.165) is 11.8 Å². The van der Waals surface area contributed by atoms with E-state index in [-0.39, 0.29) is 0 Å². The molecule has 0 amide bonds. The van der Waals surface area contributed by atoms with Gasteiger partial charge in [0.25, 0.3) is 0 Å². The molecule has 0 saturated heterocycles. The van der Waals surface area contributed by atoms with E-state index in [2.05, 4.69) is 59.8 Å². The lowest BCUT2D eigenvalue weighted by molar-refractivity contribution is 0.369. The molecule has 0 nitrogen and oxygen atoms in total. The highest BCUT2D eigenvalue weighted by Gasteiger charge is 2.11. The Morgan fingerprint density at radius 3 is 2.14 bits per heavy atom. The lowest BCUT2D eigenvalue weighted by Gasteiger charge is -2.19. The van der Waals surface area contributed by atoms with E-state index >= 15 is 0 Å². The molecule has 14 heavy (non-hydrogen) atoms. The SMILES string of the molecule is CC=CC(C)=CC(C)C(C)CC(C)C. The average Bonchev–Trinajstić information content (AvgIpc) is 2.02. The van der Waals surface area contributed by atoms with Crippen LogP contribution in [0.5, 0.6) is 0 Å². The molecule has 0 heteroatoms. The van der Waals surface area contributed by atoms with Gasteiger partial charge in [-0.05, 0) is 38.0 Å². The molecule has 0 aromatic rings. The van der Waals surface area contributed by atoms with Gasteiger partial charge in [0, 0.05) is 0 Å². The molecule has 0 spiro atoms. The molecule has 0 aromatic heterocycles. The van der Waals surface area contributed by atoms with Gasteiger partial charge in [-0.2, -0.15) is 0 Å². The monoisotopic (exact) mass is 194 g/mol. The predicted octanol–water partition coefficient (Wildman–Crippen LogP) is 4.83. The van der Waals surface area contributed by atoms with E-state index < -0.39 is 0 Å². The molecule has 0 fully saturated rings. The second kappa shape index (κ2) is 6.86. The summed E-state index contributed by atoms with van der Waals surface area (Å²) in [6, 6.07) is 0. The second-order valence-corrected chi connectivity index (χ2v) is 4.88. The van der Waals surface area contributed by atoms with Crippen LogP contribution in [0.25, 0.3) is 0 Å². The fourth-order valence-electron chi connectivity index (χ4n) is 1.86. The van der Waals surface area contributed by atoms with E-state index in [1.807, 2.05) is 0 Å². The first-order chi connectivity index (χ1) is 6.47. The highest BCUT2D eigenvalue weighted by atomic mass is 14.2. The standard InChI is InChI=1S/C14H26/c1-7-8-12(4)10-14(6)13(5)9-11(2)3/h7-8,10-11,13-14H,9H2,1-6H3. The Hall–Kier alpha value is -0.520. The number of allylic oxidation sites excluding steroid dienone is 4. The van der Waals surface area contributed by atoms with Crippen LogP contribution in [0, 0.1) is 17.8 Å². The minimum Gasteiger partial charge on any atom is -0.0874 e. The van der Waals surface area contributed by atoms with Crippen molar-refractivity contribution >= 4 is 0 Å². The molecule has 0 radical (unpaired) electrons. The smallest absolute Gasteiger partial charge is 0.0230 e. The summed E-state index contributed by atoms with van der Waals surface area (Å²) in [4.78, 5) is 0. The van der Waals surface area contributed by atoms with Crippen LogP contribution in [-0.4, -0.2) is 0 Å². The molecule has 0 aliphatic heterocycles. The first-order valence-electron chi connectivity index (χ1n) is 5.78. The van der Waals surface area contributed by atoms with Crippen molar-refractivity contribution in [3.05, 3.63) is 23.8 Å². The fraction of sp³-hybridized carbons (Fsp3) is 0.714. The Morgan fingerprint density at radius 1 is 1.14 bits per heavy atom. The zero-order chi connectivity index (χ0) is 11.1. The maximum Gasteiger partial charge on any atom is -0.0230 e. The van der Waals surface area contributed by atoms with Crippen molar-refractivity contribution in [2.24, 2.45) is 17.8 Å². The molecule has 0 rings (SSSR count). The van der Waals surface area contributed by atoms with Gasteiger partial charge >= 0.3 is 0 Å². The number of hydrogen-bond donors (Lipinski definition) is 0. The van der Waals surface area contributed by atoms with Gasteiger partial charge in [-0.15, -0.1) is 0 Å². The molecular formula is C14H26. The first-order valence-corrected chi connectivity index (χ1v) is 5.78. The van der Waals surface area contributed by atoms with Crippen LogP contribution in [0.4, 0.5) is 0 Å². The molecule has 2 atom stereocenters. The van der Waals surface area contributed by atoms with Crippen LogP contribution in [0.3, 0.4) is 0 Å². The van der Waals surface area contributed by atoms with Crippen molar-refractivity contribution in [3.63, 3.8) is 0 Å². The van der Waals surface area contributed by atoms with Gasteiger partial charge in [0.1, 0.15) is 0 Å². The number of hydrogen-bond acceptors (Lipinski definition) is 0. The maximum absolute atomic E-state index is 2.38. The van der Waals surface area contributed by atoms with Gasteiger partial charge in [-0.1, -0.05) is 51.5 Å². The lowest BCUT2D eigenvalue weighted by atomic mass is 9.87. The summed E-state index contributed by atoms with van der Waals surface area (Å²) in [6.45, 7) is 13.5. The van der Waals surface area contributed by atoms with Crippen LogP contribution >= 0.6 is 0 Å². The Labute approximate surface area is 90.1 Å². The Bertz CT molecular complexity index is 196. The maximum atomic E-state index is 2.38. The van der Waals surface area contributed by atoms with Gasteiger partial charge in [0.2, 0.25) is 0 Å². The predicted molar refractivity (Wildman–Crippen MR) is 66.4 cm³/mol. The van der Waals surface area contributed by atoms with Crippen molar-refractivity contribution in [2.75, 3.05) is 0 Å². The zero-order valence-corrected chi connectivity index (χ0v) is 10.7. The summed E-state index contributed by atoms with van der Waals surface area (Å²) in [6.07, 6.45) is 7.98. The van der Waals surface area contributed by atoms with Gasteiger partial charge in [-0.25, -0.2) is 0 Å². The van der Waals surface area contributed by atoms with Crippen LogP contribution in [0.2, 0.25) is 0 Å². The molecule has 0 saturated carbocycles. The van der Waals surface area contributed by atoms with Crippen molar-refractivity contribution in [2.45, 2.75) is 48.0 Å². The summed E-state index contributed by atoms with van der Waals surface area (Å²) in [5, 5.41) is 0. The third-order valence-electron chi connectivity index (χ3n) is 2.70. The van der Waals surface area contributed by atoms with Crippen molar-refractivity contribution < 1.29 is 0 Å². The van der Waals surface area contributed by atoms with Crippen LogP contribution < -0.4 is 0 Å². The summed E-state index contributed by atoms with van der Waals surface area (Å²) >= 11 is 0. The Morgan fingerprint density at radius 2 is 1.71 bits per heavy atom. The summed E-state index contributed by atoms with van der Waals surface area (Å²) in [5.74, 6) is 2.28. The zero-order valence-electron chi connectivity index (χ0n) is 10.7. The summed E-state index contributed by atoms with van der Waals surface area (Å²) in [7, 11) is 0. The van der Waals surface area contributed by atoms with Crippen molar-refractivity contribution in [1.82, 2.24) is 0 Å². The Kier molecular flexibility index (Phi) is 6.61. The van der Waals surface area contributed by atoms with Gasteiger partial charge in [0.05, 0.1) is 0 Å². The molecule has 0 aliphatic rings. The third-order valence-corrected chi connectivity index (χ3v) is 2.70. The lowest BCUT2D eigenvalue weighted by Crippen LogP contribution is -2.08. The largest absolute Gasteiger partial charge is 0.0874 e. The first kappa shape index (κ1) is 13.5. The van der Waals surface area contributed by atoms with E-state index in [9.17, 15) is 0 Å². The molecule has 0 aromatic carbocycles. The minimum atomic E-state index is 0.689. The van der Waals surface area contributed by atoms with Crippen LogP contribution in [0.1, 0.15) is 48.0 Å². The quantitative estimate of drug-likeness (QED) is 0.550. The van der Waals surface area contributed by atoms with E-state index in [1.165, 1.54) is 12.0 Å². The molecule has 0 aliphatic carbocycles. The normalized spacial score (nSPS) is 17.8. The summed E-state index contributed by atoms with van der Waals surface area (Å²) in [5.41, 5.74) is 1.38. The van der Waals surface area contributed by atoms with E-state index in [1.54, 1.807) is 0 Å². The Balaban J connectivity index is 4.18. The van der Waals surface area contributed by atoms with Gasteiger partial charge in [0.15, 0.2) is 0 Å². The van der Waals surface area contributed by atoms with E-state index in [4.69, 9.17) is 0 Å². The highest BCUT2D eigenvalue weighted by molar-refractivity contribution is 5.16. The van der Waals surface area contributed by atoms with Gasteiger partial charge in [-0.3, -0.25) is 0 Å². The fourth-order valence-corrected chi connectivity index (χ4v) is 1.86.